The predicted molar refractivity (Wildman–Crippen MR) is 72.0 cm³/mol. The van der Waals surface area contributed by atoms with Crippen molar-refractivity contribution >= 4 is 5.78 Å². The summed E-state index contributed by atoms with van der Waals surface area (Å²) in [4.78, 5) is 12.2. The zero-order chi connectivity index (χ0) is 15.1. The lowest BCUT2D eigenvalue weighted by Gasteiger charge is -2.10. The number of ether oxygens (including phenoxy) is 1. The number of phenols is 4. The normalized spacial score (nSPS) is 16.6. The van der Waals surface area contributed by atoms with E-state index in [4.69, 9.17) is 4.74 Å². The third-order valence-corrected chi connectivity index (χ3v) is 3.37. The van der Waals surface area contributed by atoms with Crippen LogP contribution in [0.25, 0.3) is 0 Å². The summed E-state index contributed by atoms with van der Waals surface area (Å²) in [5.74, 6) is -1.48. The zero-order valence-corrected chi connectivity index (χ0v) is 10.8. The van der Waals surface area contributed by atoms with Crippen molar-refractivity contribution in [1.82, 2.24) is 0 Å². The van der Waals surface area contributed by atoms with Crippen molar-refractivity contribution in [3.8, 4) is 28.7 Å². The van der Waals surface area contributed by atoms with Crippen LogP contribution >= 0.6 is 0 Å². The van der Waals surface area contributed by atoms with E-state index in [9.17, 15) is 25.2 Å². The van der Waals surface area contributed by atoms with Gasteiger partial charge in [-0.05, 0) is 29.8 Å². The van der Waals surface area contributed by atoms with E-state index in [1.807, 2.05) is 0 Å². The van der Waals surface area contributed by atoms with Crippen LogP contribution in [0.2, 0.25) is 0 Å². The Morgan fingerprint density at radius 3 is 2.24 bits per heavy atom. The molecule has 3 rings (SSSR count). The molecule has 0 saturated carbocycles. The van der Waals surface area contributed by atoms with Gasteiger partial charge in [-0.3, -0.25) is 4.79 Å². The number of Topliss-reactive ketones (excluding diaryl/α,β-unsaturated/α-hetero) is 1. The van der Waals surface area contributed by atoms with Gasteiger partial charge in [-0.15, -0.1) is 0 Å². The van der Waals surface area contributed by atoms with Crippen molar-refractivity contribution in [2.75, 3.05) is 0 Å². The molecular weight excluding hydrogens is 276 g/mol. The van der Waals surface area contributed by atoms with Crippen molar-refractivity contribution in [1.29, 1.82) is 0 Å². The third-order valence-electron chi connectivity index (χ3n) is 3.37. The van der Waals surface area contributed by atoms with Crippen LogP contribution < -0.4 is 4.74 Å². The number of hydrogen-bond acceptors (Lipinski definition) is 6. The van der Waals surface area contributed by atoms with E-state index >= 15 is 0 Å². The zero-order valence-electron chi connectivity index (χ0n) is 10.8. The molecule has 6 heteroatoms. The van der Waals surface area contributed by atoms with Crippen LogP contribution in [-0.4, -0.2) is 32.3 Å². The van der Waals surface area contributed by atoms with Gasteiger partial charge in [0.1, 0.15) is 11.3 Å². The number of fused-ring (bicyclic) bond motifs is 1. The molecule has 108 valence electrons. The Morgan fingerprint density at radius 1 is 0.905 bits per heavy atom. The highest BCUT2D eigenvalue weighted by Crippen LogP contribution is 2.42. The van der Waals surface area contributed by atoms with Gasteiger partial charge >= 0.3 is 0 Å². The Morgan fingerprint density at radius 2 is 1.57 bits per heavy atom. The summed E-state index contributed by atoms with van der Waals surface area (Å²) in [6.45, 7) is 0. The molecule has 0 aromatic heterocycles. The fourth-order valence-electron chi connectivity index (χ4n) is 2.32. The van der Waals surface area contributed by atoms with Crippen LogP contribution in [0.1, 0.15) is 15.9 Å². The van der Waals surface area contributed by atoms with E-state index < -0.39 is 11.9 Å². The molecule has 0 spiro atoms. The van der Waals surface area contributed by atoms with Crippen molar-refractivity contribution < 1.29 is 30.0 Å². The molecule has 2 aromatic carbocycles. The quantitative estimate of drug-likeness (QED) is 0.495. The maximum Gasteiger partial charge on any atom is 0.211 e. The van der Waals surface area contributed by atoms with Gasteiger partial charge in [-0.1, -0.05) is 6.07 Å². The fraction of sp³-hybridized carbons (Fsp3) is 0.133. The van der Waals surface area contributed by atoms with Crippen molar-refractivity contribution in [2.45, 2.75) is 12.5 Å². The number of carbonyl (C=O) groups excluding carboxylic acids is 1. The second kappa shape index (κ2) is 4.59. The highest BCUT2D eigenvalue weighted by Gasteiger charge is 2.37. The first-order valence-electron chi connectivity index (χ1n) is 6.24. The molecule has 1 aliphatic heterocycles. The summed E-state index contributed by atoms with van der Waals surface area (Å²) in [5.41, 5.74) is 0.540. The van der Waals surface area contributed by atoms with E-state index in [0.717, 1.165) is 0 Å². The predicted octanol–water partition coefficient (Wildman–Crippen LogP) is 1.70. The molecule has 1 atom stereocenters. The summed E-state index contributed by atoms with van der Waals surface area (Å²) in [7, 11) is 0. The molecule has 21 heavy (non-hydrogen) atoms. The molecule has 0 bridgehead atoms. The standard InChI is InChI=1S/C15H12O6/c16-8-2-1-7(5-11(8)19)6-12-14(20)13-9(17)3-4-10(18)15(13)21-12/h1-5,12,16-19H,6H2. The molecule has 0 amide bonds. The van der Waals surface area contributed by atoms with Gasteiger partial charge in [0.25, 0.3) is 0 Å². The van der Waals surface area contributed by atoms with Crippen LogP contribution in [-0.2, 0) is 6.42 Å². The average Bonchev–Trinajstić information content (AvgIpc) is 2.77. The largest absolute Gasteiger partial charge is 0.507 e. The molecule has 1 heterocycles. The number of carbonyl (C=O) groups is 1. The van der Waals surface area contributed by atoms with Crippen LogP contribution in [0.3, 0.4) is 0 Å². The minimum atomic E-state index is -0.900. The van der Waals surface area contributed by atoms with Crippen molar-refractivity contribution in [2.24, 2.45) is 0 Å². The SMILES string of the molecule is O=C1c2c(O)ccc(O)c2OC1Cc1ccc(O)c(O)c1. The number of benzene rings is 2. The maximum absolute atomic E-state index is 12.2. The van der Waals surface area contributed by atoms with Gasteiger partial charge in [-0.2, -0.15) is 0 Å². The molecule has 1 aliphatic rings. The first kappa shape index (κ1) is 13.1. The molecule has 0 fully saturated rings. The second-order valence-electron chi connectivity index (χ2n) is 4.81. The minimum Gasteiger partial charge on any atom is -0.507 e. The Labute approximate surface area is 119 Å². The van der Waals surface area contributed by atoms with Gasteiger partial charge in [0.2, 0.25) is 5.78 Å². The van der Waals surface area contributed by atoms with E-state index in [1.54, 1.807) is 6.07 Å². The van der Waals surface area contributed by atoms with Crippen molar-refractivity contribution in [3.63, 3.8) is 0 Å². The maximum atomic E-state index is 12.2. The molecule has 1 unspecified atom stereocenters. The highest BCUT2D eigenvalue weighted by atomic mass is 16.5. The molecule has 4 N–H and O–H groups in total. The number of hydrogen-bond donors (Lipinski definition) is 4. The minimum absolute atomic E-state index is 0.0343. The van der Waals surface area contributed by atoms with Gasteiger partial charge < -0.3 is 25.2 Å². The van der Waals surface area contributed by atoms with Crippen LogP contribution in [0, 0.1) is 0 Å². The average molecular weight is 288 g/mol. The molecule has 6 nitrogen and oxygen atoms in total. The monoisotopic (exact) mass is 288 g/mol. The molecule has 2 aromatic rings. The Balaban J connectivity index is 1.90. The molecule has 0 aliphatic carbocycles. The van der Waals surface area contributed by atoms with Gasteiger partial charge in [0, 0.05) is 6.42 Å². The van der Waals surface area contributed by atoms with Gasteiger partial charge in [0.15, 0.2) is 29.1 Å². The summed E-state index contributed by atoms with van der Waals surface area (Å²) < 4.78 is 5.40. The Bertz CT molecular complexity index is 737. The summed E-state index contributed by atoms with van der Waals surface area (Å²) >= 11 is 0. The van der Waals surface area contributed by atoms with Crippen LogP contribution in [0.5, 0.6) is 28.7 Å². The molecule has 0 radical (unpaired) electrons. The number of rotatable bonds is 2. The number of ketones is 1. The Hall–Kier alpha value is -2.89. The molecular formula is C15H12O6. The van der Waals surface area contributed by atoms with Crippen LogP contribution in [0.15, 0.2) is 30.3 Å². The van der Waals surface area contributed by atoms with Crippen molar-refractivity contribution in [3.05, 3.63) is 41.5 Å². The first-order valence-corrected chi connectivity index (χ1v) is 6.24. The summed E-state index contributed by atoms with van der Waals surface area (Å²) in [5, 5.41) is 38.1. The topological polar surface area (TPSA) is 107 Å². The number of phenolic OH excluding ortho intramolecular Hbond substituents is 4. The van der Waals surface area contributed by atoms with E-state index in [2.05, 4.69) is 0 Å². The lowest BCUT2D eigenvalue weighted by atomic mass is 10.0. The number of aromatic hydroxyl groups is 4. The lowest BCUT2D eigenvalue weighted by Crippen LogP contribution is -2.23. The van der Waals surface area contributed by atoms with E-state index in [0.29, 0.717) is 5.56 Å². The third kappa shape index (κ3) is 2.10. The molecule has 0 saturated heterocycles. The smallest absolute Gasteiger partial charge is 0.211 e. The van der Waals surface area contributed by atoms with Gasteiger partial charge in [0.05, 0.1) is 0 Å². The van der Waals surface area contributed by atoms with Gasteiger partial charge in [-0.25, -0.2) is 0 Å². The first-order chi connectivity index (χ1) is 9.97. The van der Waals surface area contributed by atoms with E-state index in [1.165, 1.54) is 24.3 Å². The summed E-state index contributed by atoms with van der Waals surface area (Å²) in [6, 6.07) is 6.66. The second-order valence-corrected chi connectivity index (χ2v) is 4.81. The highest BCUT2D eigenvalue weighted by molar-refractivity contribution is 6.07. The lowest BCUT2D eigenvalue weighted by molar-refractivity contribution is 0.0854. The van der Waals surface area contributed by atoms with Crippen LogP contribution in [0.4, 0.5) is 0 Å². The summed E-state index contributed by atoms with van der Waals surface area (Å²) in [6.07, 6.45) is -0.761. The fourth-order valence-corrected chi connectivity index (χ4v) is 2.32. The van der Waals surface area contributed by atoms with E-state index in [-0.39, 0.29) is 40.7 Å². The Kier molecular flexibility index (Phi) is 2.86.